The first kappa shape index (κ1) is 21.8. The molecule has 1 aromatic carbocycles. The number of hydrogen-bond acceptors (Lipinski definition) is 4. The van der Waals surface area contributed by atoms with E-state index < -0.39 is 6.61 Å². The Morgan fingerprint density at radius 1 is 1.18 bits per heavy atom. The van der Waals surface area contributed by atoms with Crippen LogP contribution in [-0.2, 0) is 9.59 Å². The Balaban J connectivity index is 1.86. The van der Waals surface area contributed by atoms with Crippen LogP contribution < -0.4 is 10.1 Å². The van der Waals surface area contributed by atoms with E-state index in [0.717, 1.165) is 0 Å². The Morgan fingerprint density at radius 3 is 2.43 bits per heavy atom. The zero-order valence-electron chi connectivity index (χ0n) is 16.5. The highest BCUT2D eigenvalue weighted by atomic mass is 19.3. The molecule has 28 heavy (non-hydrogen) atoms. The van der Waals surface area contributed by atoms with Crippen LogP contribution in [0.5, 0.6) is 5.75 Å². The zero-order valence-corrected chi connectivity index (χ0v) is 16.5. The first-order valence-electron chi connectivity index (χ1n) is 9.18. The second kappa shape index (κ2) is 9.64. The normalized spacial score (nSPS) is 15.9. The molecule has 1 aromatic rings. The Morgan fingerprint density at radius 2 is 1.82 bits per heavy atom. The van der Waals surface area contributed by atoms with Crippen LogP contribution >= 0.6 is 0 Å². The number of para-hydroxylation sites is 1. The lowest BCUT2D eigenvalue weighted by Crippen LogP contribution is -2.52. The highest BCUT2D eigenvalue weighted by Gasteiger charge is 2.22. The number of piperazine rings is 1. The van der Waals surface area contributed by atoms with Crippen LogP contribution in [-0.4, -0.2) is 66.5 Å². The zero-order chi connectivity index (χ0) is 20.7. The number of carbonyl (C=O) groups is 2. The van der Waals surface area contributed by atoms with Gasteiger partial charge in [-0.3, -0.25) is 14.5 Å². The van der Waals surface area contributed by atoms with Crippen molar-refractivity contribution < 1.29 is 23.1 Å². The summed E-state index contributed by atoms with van der Waals surface area (Å²) < 4.78 is 29.4. The number of hydrogen-bond donors (Lipinski definition) is 1. The summed E-state index contributed by atoms with van der Waals surface area (Å²) >= 11 is 0. The van der Waals surface area contributed by atoms with Crippen molar-refractivity contribution in [2.45, 2.75) is 32.9 Å². The highest BCUT2D eigenvalue weighted by Crippen LogP contribution is 2.21. The van der Waals surface area contributed by atoms with Crippen molar-refractivity contribution in [2.75, 3.05) is 32.7 Å². The predicted octanol–water partition coefficient (Wildman–Crippen LogP) is 2.36. The molecule has 2 amide bonds. The molecular weight excluding hydrogens is 368 g/mol. The maximum absolute atomic E-state index is 12.5. The third-order valence-electron chi connectivity index (χ3n) is 4.11. The number of nitrogens with zero attached hydrogens (tertiary/aromatic N) is 2. The van der Waals surface area contributed by atoms with Gasteiger partial charge in [0.25, 0.3) is 0 Å². The molecule has 0 bridgehead atoms. The SMILES string of the molecule is CC(C)(C)NC(=O)CN1CCN(C(=O)/C=C/c2ccccc2OC(F)F)CC1. The lowest BCUT2D eigenvalue weighted by atomic mass is 10.1. The average molecular weight is 395 g/mol. The van der Waals surface area contributed by atoms with Gasteiger partial charge in [-0.2, -0.15) is 8.78 Å². The van der Waals surface area contributed by atoms with E-state index in [9.17, 15) is 18.4 Å². The fraction of sp³-hybridized carbons (Fsp3) is 0.500. The second-order valence-corrected chi connectivity index (χ2v) is 7.65. The third kappa shape index (κ3) is 7.26. The van der Waals surface area contributed by atoms with Crippen LogP contribution in [0.1, 0.15) is 26.3 Å². The van der Waals surface area contributed by atoms with Crippen molar-refractivity contribution in [2.24, 2.45) is 0 Å². The summed E-state index contributed by atoms with van der Waals surface area (Å²) in [4.78, 5) is 28.0. The van der Waals surface area contributed by atoms with Crippen molar-refractivity contribution in [3.05, 3.63) is 35.9 Å². The van der Waals surface area contributed by atoms with Gasteiger partial charge in [0.05, 0.1) is 6.54 Å². The molecule has 1 aliphatic rings. The largest absolute Gasteiger partial charge is 0.434 e. The Labute approximate surface area is 164 Å². The van der Waals surface area contributed by atoms with Gasteiger partial charge in [-0.15, -0.1) is 0 Å². The standard InChI is InChI=1S/C20H27F2N3O3/c1-20(2,3)23-17(26)14-24-10-12-25(13-11-24)18(27)9-8-15-6-4-5-7-16(15)28-19(21)22/h4-9,19H,10-14H2,1-3H3,(H,23,26)/b9-8+. The van der Waals surface area contributed by atoms with Crippen LogP contribution in [0.25, 0.3) is 6.08 Å². The molecule has 1 fully saturated rings. The molecule has 1 heterocycles. The third-order valence-corrected chi connectivity index (χ3v) is 4.11. The molecular formula is C20H27F2N3O3. The van der Waals surface area contributed by atoms with Gasteiger partial charge < -0.3 is 15.0 Å². The monoisotopic (exact) mass is 395 g/mol. The minimum Gasteiger partial charge on any atom is -0.434 e. The fourth-order valence-electron chi connectivity index (χ4n) is 2.88. The van der Waals surface area contributed by atoms with Crippen molar-refractivity contribution >= 4 is 17.9 Å². The van der Waals surface area contributed by atoms with Crippen molar-refractivity contribution in [3.63, 3.8) is 0 Å². The second-order valence-electron chi connectivity index (χ2n) is 7.65. The number of benzene rings is 1. The Kier molecular flexibility index (Phi) is 7.51. The summed E-state index contributed by atoms with van der Waals surface area (Å²) in [5.74, 6) is -0.218. The lowest BCUT2D eigenvalue weighted by Gasteiger charge is -2.34. The molecule has 0 saturated carbocycles. The van der Waals surface area contributed by atoms with Crippen LogP contribution in [0.3, 0.4) is 0 Å². The van der Waals surface area contributed by atoms with Gasteiger partial charge in [0.2, 0.25) is 11.8 Å². The summed E-state index contributed by atoms with van der Waals surface area (Å²) in [7, 11) is 0. The highest BCUT2D eigenvalue weighted by molar-refractivity contribution is 5.92. The molecule has 6 nitrogen and oxygen atoms in total. The molecule has 0 atom stereocenters. The Bertz CT molecular complexity index is 709. The summed E-state index contributed by atoms with van der Waals surface area (Å²) in [6.45, 7) is 5.36. The van der Waals surface area contributed by atoms with E-state index in [-0.39, 0.29) is 23.1 Å². The number of carbonyl (C=O) groups excluding carboxylic acids is 2. The molecule has 1 N–H and O–H groups in total. The molecule has 0 radical (unpaired) electrons. The van der Waals surface area contributed by atoms with Crippen molar-refractivity contribution in [3.8, 4) is 5.75 Å². The molecule has 0 spiro atoms. The van der Waals surface area contributed by atoms with E-state index in [1.54, 1.807) is 23.1 Å². The van der Waals surface area contributed by atoms with Crippen molar-refractivity contribution in [1.82, 2.24) is 15.1 Å². The van der Waals surface area contributed by atoms with E-state index in [4.69, 9.17) is 0 Å². The number of rotatable bonds is 6. The Hall–Kier alpha value is -2.48. The first-order chi connectivity index (χ1) is 13.1. The van der Waals surface area contributed by atoms with Crippen LogP contribution in [0.2, 0.25) is 0 Å². The molecule has 0 unspecified atom stereocenters. The van der Waals surface area contributed by atoms with Gasteiger partial charge in [-0.25, -0.2) is 0 Å². The molecule has 1 saturated heterocycles. The summed E-state index contributed by atoms with van der Waals surface area (Å²) in [5.41, 5.74) is 0.137. The van der Waals surface area contributed by atoms with Gasteiger partial charge in [0.1, 0.15) is 5.75 Å². The van der Waals surface area contributed by atoms with E-state index in [1.165, 1.54) is 18.2 Å². The number of halogens is 2. The van der Waals surface area contributed by atoms with E-state index in [2.05, 4.69) is 10.1 Å². The van der Waals surface area contributed by atoms with Gasteiger partial charge in [0.15, 0.2) is 0 Å². The maximum atomic E-state index is 12.5. The molecule has 1 aliphatic heterocycles. The number of nitrogens with one attached hydrogen (secondary N) is 1. The molecule has 2 rings (SSSR count). The van der Waals surface area contributed by atoms with Gasteiger partial charge in [0, 0.05) is 43.4 Å². The topological polar surface area (TPSA) is 61.9 Å². The van der Waals surface area contributed by atoms with E-state index in [0.29, 0.717) is 38.3 Å². The smallest absolute Gasteiger partial charge is 0.387 e. The fourth-order valence-corrected chi connectivity index (χ4v) is 2.88. The summed E-state index contributed by atoms with van der Waals surface area (Å²) in [5, 5.41) is 2.92. The molecule has 0 aromatic heterocycles. The first-order valence-corrected chi connectivity index (χ1v) is 9.18. The quantitative estimate of drug-likeness (QED) is 0.752. The lowest BCUT2D eigenvalue weighted by molar-refractivity contribution is -0.128. The molecule has 154 valence electrons. The molecule has 8 heteroatoms. The van der Waals surface area contributed by atoms with Gasteiger partial charge >= 0.3 is 6.61 Å². The number of amides is 2. The van der Waals surface area contributed by atoms with Crippen LogP contribution in [0.15, 0.2) is 30.3 Å². The van der Waals surface area contributed by atoms with E-state index in [1.807, 2.05) is 25.7 Å². The van der Waals surface area contributed by atoms with Crippen molar-refractivity contribution in [1.29, 1.82) is 0 Å². The van der Waals surface area contributed by atoms with Gasteiger partial charge in [-0.05, 0) is 32.9 Å². The molecule has 0 aliphatic carbocycles. The number of alkyl halides is 2. The average Bonchev–Trinajstić information content (AvgIpc) is 2.59. The van der Waals surface area contributed by atoms with E-state index >= 15 is 0 Å². The van der Waals surface area contributed by atoms with Crippen LogP contribution in [0, 0.1) is 0 Å². The predicted molar refractivity (Wildman–Crippen MR) is 103 cm³/mol. The summed E-state index contributed by atoms with van der Waals surface area (Å²) in [6.07, 6.45) is 2.83. The number of ether oxygens (including phenoxy) is 1. The minimum absolute atomic E-state index is 0.0243. The van der Waals surface area contributed by atoms with Gasteiger partial charge in [-0.1, -0.05) is 18.2 Å². The van der Waals surface area contributed by atoms with Crippen LogP contribution in [0.4, 0.5) is 8.78 Å². The summed E-state index contributed by atoms with van der Waals surface area (Å²) in [6, 6.07) is 6.31. The minimum atomic E-state index is -2.92. The maximum Gasteiger partial charge on any atom is 0.387 e.